The molecule has 4 aromatic rings. The zero-order valence-electron chi connectivity index (χ0n) is 16.3. The van der Waals surface area contributed by atoms with Crippen LogP contribution in [0.1, 0.15) is 18.4 Å². The molecule has 6 heteroatoms. The largest absolute Gasteiger partial charge is 0.359 e. The first kappa shape index (κ1) is 17.6. The van der Waals surface area contributed by atoms with Gasteiger partial charge in [-0.3, -0.25) is 0 Å². The molecule has 29 heavy (non-hydrogen) atoms. The van der Waals surface area contributed by atoms with Crippen LogP contribution in [-0.2, 0) is 0 Å². The second-order valence-corrected chi connectivity index (χ2v) is 7.75. The molecule has 0 radical (unpaired) electrons. The summed E-state index contributed by atoms with van der Waals surface area (Å²) in [6.07, 6.45) is 8.15. The van der Waals surface area contributed by atoms with Crippen molar-refractivity contribution < 1.29 is 4.79 Å². The van der Waals surface area contributed by atoms with E-state index in [1.54, 1.807) is 0 Å². The Hall–Kier alpha value is -3.54. The molecule has 1 aliphatic rings. The van der Waals surface area contributed by atoms with Gasteiger partial charge in [0, 0.05) is 35.4 Å². The zero-order chi connectivity index (χ0) is 19.8. The van der Waals surface area contributed by atoms with Crippen molar-refractivity contribution in [2.24, 2.45) is 5.92 Å². The maximum atomic E-state index is 12.2. The molecular formula is C23H23N5O. The molecule has 0 saturated heterocycles. The third-order valence-electron chi connectivity index (χ3n) is 5.39. The van der Waals surface area contributed by atoms with Crippen LogP contribution in [0.2, 0.25) is 0 Å². The smallest absolute Gasteiger partial charge is 0.319 e. The maximum absolute atomic E-state index is 12.2. The Balaban J connectivity index is 1.39. The molecule has 2 aromatic carbocycles. The lowest BCUT2D eigenvalue weighted by molar-refractivity contribution is 0.251. The molecule has 3 N–H and O–H groups in total. The summed E-state index contributed by atoms with van der Waals surface area (Å²) in [6, 6.07) is 14.3. The number of nitrogens with one attached hydrogen (secondary N) is 3. The Labute approximate surface area is 168 Å². The van der Waals surface area contributed by atoms with Gasteiger partial charge in [-0.05, 0) is 55.5 Å². The van der Waals surface area contributed by atoms with Crippen LogP contribution in [-0.4, -0.2) is 27.3 Å². The molecule has 6 nitrogen and oxygen atoms in total. The molecular weight excluding hydrogens is 362 g/mol. The maximum Gasteiger partial charge on any atom is 0.319 e. The van der Waals surface area contributed by atoms with Gasteiger partial charge in [-0.1, -0.05) is 23.8 Å². The monoisotopic (exact) mass is 385 g/mol. The Morgan fingerprint density at radius 1 is 1.17 bits per heavy atom. The van der Waals surface area contributed by atoms with Crippen molar-refractivity contribution >= 4 is 22.6 Å². The number of benzene rings is 2. The van der Waals surface area contributed by atoms with Crippen molar-refractivity contribution in [3.05, 3.63) is 66.6 Å². The van der Waals surface area contributed by atoms with E-state index in [4.69, 9.17) is 0 Å². The average molecular weight is 385 g/mol. The minimum Gasteiger partial charge on any atom is -0.359 e. The second kappa shape index (κ2) is 7.13. The van der Waals surface area contributed by atoms with Crippen molar-refractivity contribution in [2.75, 3.05) is 11.9 Å². The summed E-state index contributed by atoms with van der Waals surface area (Å²) in [5, 5.41) is 11.4. The minimum absolute atomic E-state index is 0.157. The van der Waals surface area contributed by atoms with Crippen molar-refractivity contribution in [3.8, 4) is 16.8 Å². The van der Waals surface area contributed by atoms with Crippen molar-refractivity contribution in [3.63, 3.8) is 0 Å². The SMILES string of the molecule is Cc1ccc(-n2cc(-c3ccc4[nH]cc(NC(=O)NCC5CC5)c4c3)cn2)cc1. The lowest BCUT2D eigenvalue weighted by atomic mass is 10.1. The second-order valence-electron chi connectivity index (χ2n) is 7.75. The highest BCUT2D eigenvalue weighted by atomic mass is 16.2. The molecule has 2 heterocycles. The van der Waals surface area contributed by atoms with E-state index in [-0.39, 0.29) is 6.03 Å². The van der Waals surface area contributed by atoms with Crippen LogP contribution in [0.25, 0.3) is 27.7 Å². The first-order valence-corrected chi connectivity index (χ1v) is 9.94. The topological polar surface area (TPSA) is 74.7 Å². The number of aromatic nitrogens is 3. The quantitative estimate of drug-likeness (QED) is 0.459. The summed E-state index contributed by atoms with van der Waals surface area (Å²) in [7, 11) is 0. The van der Waals surface area contributed by atoms with Gasteiger partial charge in [0.15, 0.2) is 0 Å². The molecule has 1 fully saturated rings. The first-order valence-electron chi connectivity index (χ1n) is 9.94. The Morgan fingerprint density at radius 2 is 2.00 bits per heavy atom. The number of aryl methyl sites for hydroxylation is 1. The lowest BCUT2D eigenvalue weighted by Gasteiger charge is -2.06. The molecule has 5 rings (SSSR count). The van der Waals surface area contributed by atoms with E-state index in [2.05, 4.69) is 64.0 Å². The molecule has 1 aliphatic carbocycles. The first-order chi connectivity index (χ1) is 14.2. The number of fused-ring (bicyclic) bond motifs is 1. The van der Waals surface area contributed by atoms with Crippen molar-refractivity contribution in [1.82, 2.24) is 20.1 Å². The van der Waals surface area contributed by atoms with Gasteiger partial charge in [0.2, 0.25) is 0 Å². The number of nitrogens with zero attached hydrogens (tertiary/aromatic N) is 2. The summed E-state index contributed by atoms with van der Waals surface area (Å²) in [4.78, 5) is 15.4. The predicted octanol–water partition coefficient (Wildman–Crippen LogP) is 4.86. The van der Waals surface area contributed by atoms with E-state index in [9.17, 15) is 4.79 Å². The van der Waals surface area contributed by atoms with E-state index in [1.165, 1.54) is 18.4 Å². The molecule has 0 spiro atoms. The summed E-state index contributed by atoms with van der Waals surface area (Å²) >= 11 is 0. The number of carbonyl (C=O) groups is 1. The Kier molecular flexibility index (Phi) is 4.31. The van der Waals surface area contributed by atoms with Gasteiger partial charge >= 0.3 is 6.03 Å². The fourth-order valence-electron chi connectivity index (χ4n) is 3.44. The summed E-state index contributed by atoms with van der Waals surface area (Å²) in [5.74, 6) is 0.653. The molecule has 2 aromatic heterocycles. The van der Waals surface area contributed by atoms with Crippen LogP contribution in [0.5, 0.6) is 0 Å². The number of urea groups is 1. The van der Waals surface area contributed by atoms with Crippen LogP contribution in [0.15, 0.2) is 61.1 Å². The standard InChI is InChI=1S/C23H23N5O/c1-15-2-7-19(8-3-15)28-14-18(12-26-28)17-6-9-21-20(10-17)22(13-24-21)27-23(29)25-11-16-4-5-16/h2-3,6-10,12-14,16,24H,4-5,11H2,1H3,(H2,25,27,29). The molecule has 2 amide bonds. The number of hydrogen-bond acceptors (Lipinski definition) is 2. The Morgan fingerprint density at radius 3 is 2.79 bits per heavy atom. The summed E-state index contributed by atoms with van der Waals surface area (Å²) in [5.41, 5.74) is 6.09. The highest BCUT2D eigenvalue weighted by Crippen LogP contribution is 2.30. The Bertz CT molecular complexity index is 1170. The molecule has 146 valence electrons. The van der Waals surface area contributed by atoms with Crippen molar-refractivity contribution in [1.29, 1.82) is 0 Å². The van der Waals surface area contributed by atoms with Gasteiger partial charge < -0.3 is 15.6 Å². The molecule has 0 unspecified atom stereocenters. The summed E-state index contributed by atoms with van der Waals surface area (Å²) in [6.45, 7) is 2.82. The molecule has 0 aliphatic heterocycles. The molecule has 0 bridgehead atoms. The van der Waals surface area contributed by atoms with Crippen molar-refractivity contribution in [2.45, 2.75) is 19.8 Å². The van der Waals surface area contributed by atoms with E-state index in [0.717, 1.165) is 39.9 Å². The third kappa shape index (κ3) is 3.74. The molecule has 1 saturated carbocycles. The van der Waals surface area contributed by atoms with Crippen LogP contribution in [0, 0.1) is 12.8 Å². The zero-order valence-corrected chi connectivity index (χ0v) is 16.3. The van der Waals surface area contributed by atoms with Gasteiger partial charge in [0.1, 0.15) is 0 Å². The average Bonchev–Trinajstić information content (AvgIpc) is 3.29. The normalized spacial score (nSPS) is 13.6. The number of hydrogen-bond donors (Lipinski definition) is 3. The van der Waals surface area contributed by atoms with Gasteiger partial charge in [-0.15, -0.1) is 0 Å². The van der Waals surface area contributed by atoms with E-state index in [1.807, 2.05) is 29.3 Å². The minimum atomic E-state index is -0.157. The number of carbonyl (C=O) groups excluding carboxylic acids is 1. The predicted molar refractivity (Wildman–Crippen MR) is 115 cm³/mol. The van der Waals surface area contributed by atoms with Gasteiger partial charge in [0.25, 0.3) is 0 Å². The van der Waals surface area contributed by atoms with Crippen LogP contribution in [0.4, 0.5) is 10.5 Å². The van der Waals surface area contributed by atoms with Crippen LogP contribution >= 0.6 is 0 Å². The lowest BCUT2D eigenvalue weighted by Crippen LogP contribution is -2.30. The van der Waals surface area contributed by atoms with E-state index >= 15 is 0 Å². The van der Waals surface area contributed by atoms with Crippen LogP contribution in [0.3, 0.4) is 0 Å². The molecule has 0 atom stereocenters. The van der Waals surface area contributed by atoms with E-state index < -0.39 is 0 Å². The number of aromatic amines is 1. The number of H-pyrrole nitrogens is 1. The number of anilines is 1. The van der Waals surface area contributed by atoms with Crippen LogP contribution < -0.4 is 10.6 Å². The fraction of sp³-hybridized carbons (Fsp3) is 0.217. The number of amides is 2. The fourth-order valence-corrected chi connectivity index (χ4v) is 3.44. The van der Waals surface area contributed by atoms with Gasteiger partial charge in [-0.2, -0.15) is 5.10 Å². The van der Waals surface area contributed by atoms with Gasteiger partial charge in [-0.25, -0.2) is 9.48 Å². The number of rotatable bonds is 5. The highest BCUT2D eigenvalue weighted by molar-refractivity contribution is 6.02. The van der Waals surface area contributed by atoms with Gasteiger partial charge in [0.05, 0.1) is 17.6 Å². The highest BCUT2D eigenvalue weighted by Gasteiger charge is 2.21. The van der Waals surface area contributed by atoms with E-state index in [0.29, 0.717) is 5.92 Å². The third-order valence-corrected chi connectivity index (χ3v) is 5.39. The summed E-state index contributed by atoms with van der Waals surface area (Å²) < 4.78 is 1.88.